The molecule has 0 bridgehead atoms. The Morgan fingerprint density at radius 1 is 0.546 bits per heavy atom. The van der Waals surface area contributed by atoms with Crippen molar-refractivity contribution < 1.29 is 46.1 Å². The van der Waals surface area contributed by atoms with Gasteiger partial charge in [0.2, 0.25) is 11.8 Å². The third-order valence-corrected chi connectivity index (χ3v) is 18.0. The molecule has 3 heterocycles. The number of benzene rings is 8. The molecule has 2 spiro atoms. The van der Waals surface area contributed by atoms with Gasteiger partial charge in [-0.1, -0.05) is 148 Å². The monoisotopic (exact) mass is 1360 g/mol. The highest BCUT2D eigenvalue weighted by Crippen LogP contribution is 2.47. The molecule has 2 atom stereocenters. The molecule has 0 saturated carbocycles. The van der Waals surface area contributed by atoms with Crippen LogP contribution in [0, 0.1) is 18.3 Å². The van der Waals surface area contributed by atoms with Crippen LogP contribution in [0.5, 0.6) is 11.5 Å². The first-order valence-corrected chi connectivity index (χ1v) is 31.3. The van der Waals surface area contributed by atoms with Crippen molar-refractivity contribution in [3.63, 3.8) is 0 Å². The minimum absolute atomic E-state index is 0. The van der Waals surface area contributed by atoms with Crippen molar-refractivity contribution >= 4 is 38.8 Å². The predicted octanol–water partition coefficient (Wildman–Crippen LogP) is 16.7. The van der Waals surface area contributed by atoms with E-state index in [2.05, 4.69) is 119 Å². The summed E-state index contributed by atoms with van der Waals surface area (Å²) in [5, 5.41) is 15.7. The van der Waals surface area contributed by atoms with Gasteiger partial charge in [-0.05, 0) is 184 Å². The van der Waals surface area contributed by atoms with Crippen LogP contribution in [0.4, 0.5) is 13.2 Å². The molecule has 2 aliphatic carbocycles. The number of fused-ring (bicyclic) bond motifs is 2. The molecule has 2 aliphatic heterocycles. The Morgan fingerprint density at radius 2 is 0.938 bits per heavy atom. The molecule has 0 unspecified atom stereocenters. The summed E-state index contributed by atoms with van der Waals surface area (Å²) in [5.74, 6) is -0.0494. The summed E-state index contributed by atoms with van der Waals surface area (Å²) in [6.07, 6.45) is 0.765. The van der Waals surface area contributed by atoms with Crippen molar-refractivity contribution in [2.75, 3.05) is 13.2 Å². The normalized spacial score (nSPS) is 17.8. The SMILES string of the molecule is C.C.CC#N.CC1(C)OC[C@@]2(CCc3ccc(-c4nnc(-c5ccc(OCc6ccccc6)c(C(F)(F)F)c5)o4)cc3C2)N1Cc1ccccc1.Cc1cc(C(=O)NNC(=O)c2ccc3c(c2)C[C@@]2(CC3)COC(C)(C)N2Cc2ccccc2)ccc1OCc1ccccc1.S.S. The fourth-order valence-electron chi connectivity index (χ4n) is 13.1. The molecule has 2 amide bonds. The van der Waals surface area contributed by atoms with Gasteiger partial charge < -0.3 is 23.4 Å². The number of ether oxygens (including phenoxy) is 4. The van der Waals surface area contributed by atoms with Crippen molar-refractivity contribution in [1.82, 2.24) is 30.8 Å². The van der Waals surface area contributed by atoms with Crippen LogP contribution in [0.3, 0.4) is 0 Å². The van der Waals surface area contributed by atoms with E-state index in [1.165, 1.54) is 46.9 Å². The summed E-state index contributed by atoms with van der Waals surface area (Å²) in [4.78, 5) is 31.0. The quantitative estimate of drug-likeness (QED) is 0.0992. The minimum Gasteiger partial charge on any atom is -0.489 e. The molecule has 0 radical (unpaired) electrons. The third kappa shape index (κ3) is 17.7. The van der Waals surface area contributed by atoms with E-state index in [-0.39, 0.29) is 88.5 Å². The van der Waals surface area contributed by atoms with E-state index in [1.54, 1.807) is 36.4 Å². The summed E-state index contributed by atoms with van der Waals surface area (Å²) in [5.41, 5.74) is 15.0. The molecular weight excluding hydrogens is 1270 g/mol. The van der Waals surface area contributed by atoms with Crippen molar-refractivity contribution in [1.29, 1.82) is 5.26 Å². The van der Waals surface area contributed by atoms with E-state index in [0.717, 1.165) is 85.5 Å². The lowest BCUT2D eigenvalue weighted by Crippen LogP contribution is -2.54. The molecule has 2 N–H and O–H groups in total. The Morgan fingerprint density at radius 3 is 1.40 bits per heavy atom. The maximum atomic E-state index is 14.1. The number of aryl methyl sites for hydroxylation is 3. The molecule has 1 aromatic heterocycles. The Bertz CT molecular complexity index is 4140. The maximum absolute atomic E-state index is 14.1. The average molecular weight is 1360 g/mol. The standard InChI is InChI=1S/C37H34F3N3O3.C37H39N3O4.C2H3N.2CH4.2H2S/c1-35(2)43(22-25-9-5-3-6-10-25)36(24-45-35)18-17-27-13-14-28(19-30(27)21-36)33-41-42-34(46-33)29-15-16-32(31(20-29)37(38,39)40)44-23-26-11-7-4-8-12-26;1-26-20-30(16-17-33(26)43-24-28-12-8-5-9-13-28)34(41)38-39-35(42)31-15-14-29-18-19-37(22-32(29)21-31)25-44-36(2,3)40(37)23-27-10-6-4-7-11-27;1-2-3;;;;/h3-16,19-20H,17-18,21-24H2,1-2H3;4-17,20-21H,18-19,22-25H2,1-3H3,(H,38,41)(H,39,42);1H3;2*1H4;2*1H2/t36-;37-;;;;;/m00...../s1. The van der Waals surface area contributed by atoms with E-state index in [4.69, 9.17) is 28.6 Å². The second-order valence-electron chi connectivity index (χ2n) is 25.2. The molecule has 4 aliphatic rings. The van der Waals surface area contributed by atoms with E-state index >= 15 is 0 Å². The number of nitrogens with one attached hydrogen (secondary N) is 2. The van der Waals surface area contributed by atoms with E-state index in [1.807, 2.05) is 91.9 Å². The molecule has 510 valence electrons. The smallest absolute Gasteiger partial charge is 0.419 e. The summed E-state index contributed by atoms with van der Waals surface area (Å²) in [6, 6.07) is 62.6. The van der Waals surface area contributed by atoms with Crippen LogP contribution in [0.25, 0.3) is 22.9 Å². The lowest BCUT2D eigenvalue weighted by molar-refractivity contribution is -0.139. The Hall–Kier alpha value is -8.74. The van der Waals surface area contributed by atoms with Crippen LogP contribution < -0.4 is 20.3 Å². The maximum Gasteiger partial charge on any atom is 0.419 e. The van der Waals surface area contributed by atoms with Crippen LogP contribution in [0.2, 0.25) is 0 Å². The molecule has 97 heavy (non-hydrogen) atoms. The molecular formula is C78H88F3N7O7S2. The Balaban J connectivity index is 0.000000253. The van der Waals surface area contributed by atoms with Crippen LogP contribution >= 0.6 is 27.0 Å². The summed E-state index contributed by atoms with van der Waals surface area (Å²) < 4.78 is 72.4. The van der Waals surface area contributed by atoms with Gasteiger partial charge in [0.25, 0.3) is 11.8 Å². The summed E-state index contributed by atoms with van der Waals surface area (Å²) in [6.45, 7) is 15.2. The molecule has 8 aromatic carbocycles. The number of carbonyl (C=O) groups is 2. The van der Waals surface area contributed by atoms with Crippen molar-refractivity contribution in [2.24, 2.45) is 0 Å². The van der Waals surface area contributed by atoms with Gasteiger partial charge in [-0.25, -0.2) is 0 Å². The Labute approximate surface area is 582 Å². The van der Waals surface area contributed by atoms with Gasteiger partial charge >= 0.3 is 6.18 Å². The average Bonchev–Trinajstić information content (AvgIpc) is 1.64. The number of nitrogens with zero attached hydrogens (tertiary/aromatic N) is 5. The molecule has 13 rings (SSSR count). The number of nitriles is 1. The number of alkyl halides is 3. The fraction of sp³-hybridized carbons (Fsp3) is 0.321. The van der Waals surface area contributed by atoms with Crippen LogP contribution in [-0.4, -0.2) is 67.6 Å². The van der Waals surface area contributed by atoms with Gasteiger partial charge in [0.05, 0.1) is 35.9 Å². The van der Waals surface area contributed by atoms with E-state index < -0.39 is 29.1 Å². The van der Waals surface area contributed by atoms with Gasteiger partial charge in [0.15, 0.2) is 0 Å². The first-order valence-electron chi connectivity index (χ1n) is 31.3. The molecule has 19 heteroatoms. The number of hydrogen-bond acceptors (Lipinski definition) is 12. The third-order valence-electron chi connectivity index (χ3n) is 18.0. The zero-order chi connectivity index (χ0) is 65.4. The highest BCUT2D eigenvalue weighted by atomic mass is 32.1. The van der Waals surface area contributed by atoms with Gasteiger partial charge in [-0.3, -0.25) is 30.2 Å². The molecule has 9 aromatic rings. The fourth-order valence-corrected chi connectivity index (χ4v) is 13.1. The number of amides is 2. The number of hydrogen-bond donors (Lipinski definition) is 2. The zero-order valence-electron chi connectivity index (χ0n) is 54.2. The number of halogens is 3. The van der Waals surface area contributed by atoms with Gasteiger partial charge in [0, 0.05) is 42.3 Å². The van der Waals surface area contributed by atoms with Crippen molar-refractivity contribution in [3.05, 3.63) is 261 Å². The first kappa shape index (κ1) is 75.6. The molecule has 2 fully saturated rings. The second-order valence-corrected chi connectivity index (χ2v) is 25.2. The van der Waals surface area contributed by atoms with Crippen LogP contribution in [0.1, 0.15) is 139 Å². The zero-order valence-corrected chi connectivity index (χ0v) is 56.2. The van der Waals surface area contributed by atoms with Crippen LogP contribution in [-0.2, 0) is 67.6 Å². The van der Waals surface area contributed by atoms with Gasteiger partial charge in [0.1, 0.15) is 36.2 Å². The predicted molar refractivity (Wildman–Crippen MR) is 383 cm³/mol. The number of aromatic nitrogens is 2. The minimum atomic E-state index is -4.63. The lowest BCUT2D eigenvalue weighted by atomic mass is 9.76. The first-order chi connectivity index (χ1) is 44.7. The number of hydrazine groups is 1. The second kappa shape index (κ2) is 32.5. The van der Waals surface area contributed by atoms with Crippen molar-refractivity contribution in [3.8, 4) is 40.5 Å². The largest absolute Gasteiger partial charge is 0.489 e. The van der Waals surface area contributed by atoms with Crippen molar-refractivity contribution in [2.45, 2.75) is 150 Å². The summed E-state index contributed by atoms with van der Waals surface area (Å²) in [7, 11) is 0. The van der Waals surface area contributed by atoms with Crippen LogP contribution in [0.15, 0.2) is 199 Å². The van der Waals surface area contributed by atoms with Gasteiger partial charge in [-0.15, -0.1) is 10.2 Å². The molecule has 2 saturated heterocycles. The van der Waals surface area contributed by atoms with E-state index in [9.17, 15) is 22.8 Å². The molecule has 14 nitrogen and oxygen atoms in total. The number of rotatable bonds is 14. The van der Waals surface area contributed by atoms with E-state index in [0.29, 0.717) is 36.7 Å². The van der Waals surface area contributed by atoms with Gasteiger partial charge in [-0.2, -0.15) is 45.4 Å². The highest BCUT2D eigenvalue weighted by Gasteiger charge is 2.54. The Kier molecular flexibility index (Phi) is 25.4. The highest BCUT2D eigenvalue weighted by molar-refractivity contribution is 7.59. The number of carbonyl (C=O) groups excluding carboxylic acids is 2. The lowest BCUT2D eigenvalue weighted by Gasteiger charge is -2.45. The topological polar surface area (TPSA) is 164 Å². The summed E-state index contributed by atoms with van der Waals surface area (Å²) >= 11 is 0.